The first-order valence-electron chi connectivity index (χ1n) is 6.58. The minimum absolute atomic E-state index is 0.319. The number of nitrogens with zero attached hydrogens (tertiary/aromatic N) is 2. The molecule has 0 saturated carbocycles. The molecule has 0 aromatic carbocycles. The van der Waals surface area contributed by atoms with Gasteiger partial charge in [0.05, 0.1) is 6.33 Å². The van der Waals surface area contributed by atoms with Crippen LogP contribution in [0.4, 0.5) is 0 Å². The summed E-state index contributed by atoms with van der Waals surface area (Å²) in [5.41, 5.74) is 0.373. The fraction of sp³-hybridized carbons (Fsp3) is 0.786. The SMILES string of the molecule is CC(C)(C)CC[C@H](CO)CCCn1ccnc1. The Morgan fingerprint density at radius 3 is 2.59 bits per heavy atom. The first-order chi connectivity index (χ1) is 8.01. The number of aliphatic hydroxyl groups is 1. The number of imidazole rings is 1. The monoisotopic (exact) mass is 238 g/mol. The number of rotatable bonds is 7. The molecule has 1 aromatic heterocycles. The molecule has 0 aliphatic carbocycles. The molecule has 0 spiro atoms. The molecular formula is C14H26N2O. The smallest absolute Gasteiger partial charge is 0.0945 e. The van der Waals surface area contributed by atoms with Crippen molar-refractivity contribution in [3.8, 4) is 0 Å². The van der Waals surface area contributed by atoms with Crippen LogP contribution in [0, 0.1) is 11.3 Å². The molecule has 0 fully saturated rings. The molecule has 17 heavy (non-hydrogen) atoms. The normalized spacial score (nSPS) is 13.9. The first-order valence-corrected chi connectivity index (χ1v) is 6.58. The Morgan fingerprint density at radius 2 is 2.06 bits per heavy atom. The molecule has 3 heteroatoms. The van der Waals surface area contributed by atoms with Gasteiger partial charge in [-0.25, -0.2) is 4.98 Å². The second-order valence-electron chi connectivity index (χ2n) is 6.09. The Bertz CT molecular complexity index is 288. The highest BCUT2D eigenvalue weighted by Gasteiger charge is 2.14. The van der Waals surface area contributed by atoms with Crippen molar-refractivity contribution < 1.29 is 5.11 Å². The highest BCUT2D eigenvalue weighted by molar-refractivity contribution is 4.74. The minimum atomic E-state index is 0.319. The van der Waals surface area contributed by atoms with E-state index in [0.717, 1.165) is 25.8 Å². The standard InChI is InChI=1S/C14H26N2O/c1-14(2,3)7-6-13(11-17)5-4-9-16-10-8-15-12-16/h8,10,12-13,17H,4-7,9,11H2,1-3H3/t13-/m1/s1. The largest absolute Gasteiger partial charge is 0.396 e. The van der Waals surface area contributed by atoms with E-state index in [4.69, 9.17) is 0 Å². The molecule has 0 radical (unpaired) electrons. The lowest BCUT2D eigenvalue weighted by Gasteiger charge is -2.22. The van der Waals surface area contributed by atoms with E-state index in [2.05, 4.69) is 30.3 Å². The minimum Gasteiger partial charge on any atom is -0.396 e. The maximum absolute atomic E-state index is 9.36. The van der Waals surface area contributed by atoms with Gasteiger partial charge in [-0.15, -0.1) is 0 Å². The van der Waals surface area contributed by atoms with Gasteiger partial charge in [-0.2, -0.15) is 0 Å². The van der Waals surface area contributed by atoms with E-state index in [1.807, 2.05) is 18.7 Å². The van der Waals surface area contributed by atoms with Gasteiger partial charge < -0.3 is 9.67 Å². The molecule has 0 saturated heterocycles. The molecule has 1 atom stereocenters. The zero-order valence-corrected chi connectivity index (χ0v) is 11.4. The second-order valence-corrected chi connectivity index (χ2v) is 6.09. The Balaban J connectivity index is 2.18. The van der Waals surface area contributed by atoms with Crippen LogP contribution in [0.3, 0.4) is 0 Å². The molecule has 0 bridgehead atoms. The van der Waals surface area contributed by atoms with E-state index in [1.165, 1.54) is 6.42 Å². The quantitative estimate of drug-likeness (QED) is 0.792. The summed E-state index contributed by atoms with van der Waals surface area (Å²) in [4.78, 5) is 4.02. The van der Waals surface area contributed by atoms with Crippen LogP contribution in [-0.4, -0.2) is 21.3 Å². The van der Waals surface area contributed by atoms with Crippen LogP contribution in [0.2, 0.25) is 0 Å². The average Bonchev–Trinajstić information content (AvgIpc) is 2.74. The maximum Gasteiger partial charge on any atom is 0.0945 e. The molecule has 0 aliphatic rings. The summed E-state index contributed by atoms with van der Waals surface area (Å²) < 4.78 is 2.10. The van der Waals surface area contributed by atoms with Crippen molar-refractivity contribution in [1.82, 2.24) is 9.55 Å². The molecule has 1 N–H and O–H groups in total. The Morgan fingerprint density at radius 1 is 1.29 bits per heavy atom. The second kappa shape index (κ2) is 6.80. The summed E-state index contributed by atoms with van der Waals surface area (Å²) in [6.45, 7) is 8.10. The van der Waals surface area contributed by atoms with Gasteiger partial charge in [-0.05, 0) is 37.0 Å². The van der Waals surface area contributed by atoms with Crippen LogP contribution in [0.1, 0.15) is 46.5 Å². The van der Waals surface area contributed by atoms with Crippen molar-refractivity contribution in [2.75, 3.05) is 6.61 Å². The van der Waals surface area contributed by atoms with Crippen molar-refractivity contribution in [1.29, 1.82) is 0 Å². The van der Waals surface area contributed by atoms with E-state index < -0.39 is 0 Å². The van der Waals surface area contributed by atoms with Crippen LogP contribution < -0.4 is 0 Å². The van der Waals surface area contributed by atoms with Crippen molar-refractivity contribution in [3.63, 3.8) is 0 Å². The summed E-state index contributed by atoms with van der Waals surface area (Å²) in [5.74, 6) is 0.456. The average molecular weight is 238 g/mol. The highest BCUT2D eigenvalue weighted by Crippen LogP contribution is 2.25. The van der Waals surface area contributed by atoms with Crippen molar-refractivity contribution in [2.45, 2.75) is 53.0 Å². The van der Waals surface area contributed by atoms with Gasteiger partial charge in [0.2, 0.25) is 0 Å². The van der Waals surface area contributed by atoms with Gasteiger partial charge in [-0.1, -0.05) is 20.8 Å². The van der Waals surface area contributed by atoms with E-state index in [0.29, 0.717) is 17.9 Å². The topological polar surface area (TPSA) is 38.0 Å². The third-order valence-corrected chi connectivity index (χ3v) is 3.15. The molecule has 0 aliphatic heterocycles. The Kier molecular flexibility index (Phi) is 5.69. The third-order valence-electron chi connectivity index (χ3n) is 3.15. The van der Waals surface area contributed by atoms with Crippen LogP contribution in [0.15, 0.2) is 18.7 Å². The predicted octanol–water partition coefficient (Wildman–Crippen LogP) is 3.10. The van der Waals surface area contributed by atoms with Crippen molar-refractivity contribution >= 4 is 0 Å². The van der Waals surface area contributed by atoms with Crippen molar-refractivity contribution in [3.05, 3.63) is 18.7 Å². The van der Waals surface area contributed by atoms with Crippen molar-refractivity contribution in [2.24, 2.45) is 11.3 Å². The van der Waals surface area contributed by atoms with Gasteiger partial charge in [0.1, 0.15) is 0 Å². The maximum atomic E-state index is 9.36. The van der Waals surface area contributed by atoms with Gasteiger partial charge in [-0.3, -0.25) is 0 Å². The third kappa shape index (κ3) is 6.47. The summed E-state index contributed by atoms with van der Waals surface area (Å²) in [5, 5.41) is 9.36. The zero-order valence-electron chi connectivity index (χ0n) is 11.4. The van der Waals surface area contributed by atoms with E-state index in [9.17, 15) is 5.11 Å². The molecule has 1 rings (SSSR count). The Hall–Kier alpha value is -0.830. The number of aryl methyl sites for hydroxylation is 1. The zero-order chi connectivity index (χ0) is 12.7. The number of aliphatic hydroxyl groups excluding tert-OH is 1. The molecule has 1 heterocycles. The Labute approximate surface area is 105 Å². The van der Waals surface area contributed by atoms with Crippen LogP contribution >= 0.6 is 0 Å². The summed E-state index contributed by atoms with van der Waals surface area (Å²) in [6.07, 6.45) is 10.2. The molecular weight excluding hydrogens is 212 g/mol. The summed E-state index contributed by atoms with van der Waals surface area (Å²) in [7, 11) is 0. The number of hydrogen-bond donors (Lipinski definition) is 1. The van der Waals surface area contributed by atoms with E-state index in [1.54, 1.807) is 0 Å². The van der Waals surface area contributed by atoms with E-state index >= 15 is 0 Å². The van der Waals surface area contributed by atoms with Crippen LogP contribution in [0.5, 0.6) is 0 Å². The van der Waals surface area contributed by atoms with Crippen LogP contribution in [-0.2, 0) is 6.54 Å². The predicted molar refractivity (Wildman–Crippen MR) is 70.7 cm³/mol. The van der Waals surface area contributed by atoms with Gasteiger partial charge in [0.15, 0.2) is 0 Å². The van der Waals surface area contributed by atoms with Gasteiger partial charge >= 0.3 is 0 Å². The van der Waals surface area contributed by atoms with Crippen LogP contribution in [0.25, 0.3) is 0 Å². The summed E-state index contributed by atoms with van der Waals surface area (Å²) in [6, 6.07) is 0. The molecule has 3 nitrogen and oxygen atoms in total. The summed E-state index contributed by atoms with van der Waals surface area (Å²) >= 11 is 0. The first kappa shape index (κ1) is 14.2. The van der Waals surface area contributed by atoms with Gasteiger partial charge in [0, 0.05) is 25.5 Å². The fourth-order valence-corrected chi connectivity index (χ4v) is 1.95. The lowest BCUT2D eigenvalue weighted by atomic mass is 9.85. The lowest BCUT2D eigenvalue weighted by molar-refractivity contribution is 0.189. The van der Waals surface area contributed by atoms with E-state index in [-0.39, 0.29) is 0 Å². The lowest BCUT2D eigenvalue weighted by Crippen LogP contribution is -2.13. The number of hydrogen-bond acceptors (Lipinski definition) is 2. The molecule has 98 valence electrons. The molecule has 1 aromatic rings. The molecule has 0 unspecified atom stereocenters. The molecule has 0 amide bonds. The fourth-order valence-electron chi connectivity index (χ4n) is 1.95. The highest BCUT2D eigenvalue weighted by atomic mass is 16.3. The van der Waals surface area contributed by atoms with Gasteiger partial charge in [0.25, 0.3) is 0 Å². The number of aromatic nitrogens is 2.